The molecule has 0 spiro atoms. The molecular formula is C21H19F3N4O. The molecule has 8 heteroatoms. The molecule has 1 aliphatic heterocycles. The molecule has 29 heavy (non-hydrogen) atoms. The third-order valence-electron chi connectivity index (χ3n) is 4.97. The largest absolute Gasteiger partial charge is 0.416 e. The van der Waals surface area contributed by atoms with Crippen molar-refractivity contribution in [2.45, 2.75) is 25.2 Å². The molecule has 3 aromatic rings. The highest BCUT2D eigenvalue weighted by Crippen LogP contribution is 2.36. The number of nitrogens with zero attached hydrogens (tertiary/aromatic N) is 3. The zero-order chi connectivity index (χ0) is 20.6. The Morgan fingerprint density at radius 1 is 1.14 bits per heavy atom. The molecule has 0 saturated heterocycles. The summed E-state index contributed by atoms with van der Waals surface area (Å²) in [6, 6.07) is 10.8. The Morgan fingerprint density at radius 3 is 2.69 bits per heavy atom. The molecule has 5 nitrogen and oxygen atoms in total. The second kappa shape index (κ2) is 7.46. The van der Waals surface area contributed by atoms with Crippen LogP contribution in [0.2, 0.25) is 0 Å². The van der Waals surface area contributed by atoms with Crippen LogP contribution in [0.15, 0.2) is 54.9 Å². The lowest BCUT2D eigenvalue weighted by Gasteiger charge is -2.19. The number of aromatic nitrogens is 2. The number of fused-ring (bicyclic) bond motifs is 1. The van der Waals surface area contributed by atoms with Crippen LogP contribution in [0.1, 0.15) is 34.2 Å². The van der Waals surface area contributed by atoms with Crippen LogP contribution in [0.5, 0.6) is 0 Å². The molecule has 0 aliphatic carbocycles. The van der Waals surface area contributed by atoms with Crippen molar-refractivity contribution in [3.8, 4) is 0 Å². The van der Waals surface area contributed by atoms with Crippen molar-refractivity contribution in [1.82, 2.24) is 9.97 Å². The summed E-state index contributed by atoms with van der Waals surface area (Å²) < 4.78 is 38.8. The minimum Gasteiger partial charge on any atom is -0.375 e. The zero-order valence-electron chi connectivity index (χ0n) is 15.4. The first kappa shape index (κ1) is 19.4. The van der Waals surface area contributed by atoms with Crippen LogP contribution in [0.3, 0.4) is 0 Å². The molecule has 2 heterocycles. The van der Waals surface area contributed by atoms with Crippen LogP contribution in [-0.2, 0) is 19.0 Å². The molecule has 0 fully saturated rings. The molecule has 1 unspecified atom stereocenters. The number of halogens is 3. The number of anilines is 2. The Bertz CT molecular complexity index is 1040. The van der Waals surface area contributed by atoms with Gasteiger partial charge in [0.05, 0.1) is 17.5 Å². The highest BCUT2D eigenvalue weighted by Gasteiger charge is 2.30. The SMILES string of the molecule is NC(O)c1cccc2c1CCN2c1cncc(Cc2cccc(C(F)(F)F)c2)n1. The maximum atomic E-state index is 12.9. The van der Waals surface area contributed by atoms with Crippen LogP contribution in [0.25, 0.3) is 0 Å². The molecule has 0 radical (unpaired) electrons. The monoisotopic (exact) mass is 400 g/mol. The normalized spacial score (nSPS) is 14.7. The summed E-state index contributed by atoms with van der Waals surface area (Å²) in [4.78, 5) is 10.8. The van der Waals surface area contributed by atoms with Crippen LogP contribution in [-0.4, -0.2) is 21.6 Å². The lowest BCUT2D eigenvalue weighted by molar-refractivity contribution is -0.137. The zero-order valence-corrected chi connectivity index (χ0v) is 15.4. The third-order valence-corrected chi connectivity index (χ3v) is 4.97. The van der Waals surface area contributed by atoms with Crippen molar-refractivity contribution >= 4 is 11.5 Å². The van der Waals surface area contributed by atoms with Gasteiger partial charge in [0.15, 0.2) is 5.82 Å². The van der Waals surface area contributed by atoms with E-state index in [-0.39, 0.29) is 6.42 Å². The minimum atomic E-state index is -4.38. The van der Waals surface area contributed by atoms with E-state index in [1.165, 1.54) is 6.07 Å². The Labute approximate surface area is 165 Å². The van der Waals surface area contributed by atoms with E-state index in [1.54, 1.807) is 24.5 Å². The third kappa shape index (κ3) is 3.94. The lowest BCUT2D eigenvalue weighted by Crippen LogP contribution is -2.16. The number of benzene rings is 2. The average Bonchev–Trinajstić information content (AvgIpc) is 3.12. The Balaban J connectivity index is 1.61. The molecule has 1 aliphatic rings. The second-order valence-electron chi connectivity index (χ2n) is 6.93. The highest BCUT2D eigenvalue weighted by atomic mass is 19.4. The van der Waals surface area contributed by atoms with Crippen LogP contribution in [0, 0.1) is 0 Å². The van der Waals surface area contributed by atoms with Gasteiger partial charge in [-0.05, 0) is 29.7 Å². The van der Waals surface area contributed by atoms with Gasteiger partial charge in [0.1, 0.15) is 6.23 Å². The number of nitrogens with two attached hydrogens (primary N) is 1. The molecule has 150 valence electrons. The van der Waals surface area contributed by atoms with E-state index in [2.05, 4.69) is 9.97 Å². The van der Waals surface area contributed by atoms with Crippen LogP contribution in [0.4, 0.5) is 24.7 Å². The summed E-state index contributed by atoms with van der Waals surface area (Å²) in [5.74, 6) is 0.608. The van der Waals surface area contributed by atoms with Crippen molar-refractivity contribution in [3.05, 3.63) is 82.8 Å². The van der Waals surface area contributed by atoms with Gasteiger partial charge in [0.2, 0.25) is 0 Å². The Hall–Kier alpha value is -2.97. The standard InChI is InChI=1S/C21H19F3N4O/c22-21(23,24)14-4-1-3-13(9-14)10-15-11-26-12-19(27-15)28-8-7-16-17(20(25)29)5-2-6-18(16)28/h1-6,9,11-12,20,29H,7-8,10,25H2. The second-order valence-corrected chi connectivity index (χ2v) is 6.93. The summed E-state index contributed by atoms with van der Waals surface area (Å²) in [5.41, 5.74) is 8.61. The molecule has 4 rings (SSSR count). The van der Waals surface area contributed by atoms with Gasteiger partial charge in [-0.25, -0.2) is 4.98 Å². The highest BCUT2D eigenvalue weighted by molar-refractivity contribution is 5.69. The summed E-state index contributed by atoms with van der Waals surface area (Å²) in [5, 5.41) is 9.78. The smallest absolute Gasteiger partial charge is 0.375 e. The van der Waals surface area contributed by atoms with E-state index in [9.17, 15) is 18.3 Å². The van der Waals surface area contributed by atoms with Crippen LogP contribution < -0.4 is 10.6 Å². The first-order valence-electron chi connectivity index (χ1n) is 9.13. The first-order chi connectivity index (χ1) is 13.8. The number of hydrogen-bond acceptors (Lipinski definition) is 5. The van der Waals surface area contributed by atoms with Gasteiger partial charge in [0, 0.05) is 30.4 Å². The number of aliphatic hydroxyl groups is 1. The van der Waals surface area contributed by atoms with Crippen LogP contribution >= 0.6 is 0 Å². The maximum Gasteiger partial charge on any atom is 0.416 e. The summed E-state index contributed by atoms with van der Waals surface area (Å²) in [7, 11) is 0. The fraction of sp³-hybridized carbons (Fsp3) is 0.238. The molecule has 0 bridgehead atoms. The molecule has 1 atom stereocenters. The van der Waals surface area contributed by atoms with Gasteiger partial charge >= 0.3 is 6.18 Å². The molecule has 0 saturated carbocycles. The molecule has 1 aromatic heterocycles. The van der Waals surface area contributed by atoms with Gasteiger partial charge < -0.3 is 15.7 Å². The average molecular weight is 400 g/mol. The van der Waals surface area contributed by atoms with Gasteiger partial charge in [-0.3, -0.25) is 4.98 Å². The number of rotatable bonds is 4. The summed E-state index contributed by atoms with van der Waals surface area (Å²) in [6.07, 6.45) is -1.31. The molecule has 3 N–H and O–H groups in total. The predicted octanol–water partition coefficient (Wildman–Crippen LogP) is 3.73. The van der Waals surface area contributed by atoms with Crippen molar-refractivity contribution < 1.29 is 18.3 Å². The van der Waals surface area contributed by atoms with E-state index in [4.69, 9.17) is 5.73 Å². The summed E-state index contributed by atoms with van der Waals surface area (Å²) in [6.45, 7) is 0.654. The van der Waals surface area contributed by atoms with Crippen molar-refractivity contribution in [2.75, 3.05) is 11.4 Å². The molecule has 2 aromatic carbocycles. The maximum absolute atomic E-state index is 12.9. The van der Waals surface area contributed by atoms with E-state index in [1.807, 2.05) is 17.0 Å². The first-order valence-corrected chi connectivity index (χ1v) is 9.13. The fourth-order valence-corrected chi connectivity index (χ4v) is 3.65. The predicted molar refractivity (Wildman–Crippen MR) is 103 cm³/mol. The number of aliphatic hydroxyl groups excluding tert-OH is 1. The Morgan fingerprint density at radius 2 is 1.93 bits per heavy atom. The van der Waals surface area contributed by atoms with Gasteiger partial charge in [-0.1, -0.05) is 30.3 Å². The van der Waals surface area contributed by atoms with Crippen molar-refractivity contribution in [1.29, 1.82) is 0 Å². The molecular weight excluding hydrogens is 381 g/mol. The topological polar surface area (TPSA) is 75.3 Å². The van der Waals surface area contributed by atoms with Gasteiger partial charge in [0.25, 0.3) is 0 Å². The van der Waals surface area contributed by atoms with E-state index in [0.29, 0.717) is 35.6 Å². The van der Waals surface area contributed by atoms with Gasteiger partial charge in [-0.15, -0.1) is 0 Å². The van der Waals surface area contributed by atoms with E-state index in [0.717, 1.165) is 23.4 Å². The van der Waals surface area contributed by atoms with E-state index >= 15 is 0 Å². The lowest BCUT2D eigenvalue weighted by atomic mass is 10.0. The van der Waals surface area contributed by atoms with Crippen molar-refractivity contribution in [3.63, 3.8) is 0 Å². The quantitative estimate of drug-likeness (QED) is 0.653. The molecule has 0 amide bonds. The number of hydrogen-bond donors (Lipinski definition) is 2. The van der Waals surface area contributed by atoms with Gasteiger partial charge in [-0.2, -0.15) is 13.2 Å². The van der Waals surface area contributed by atoms with E-state index < -0.39 is 18.0 Å². The summed E-state index contributed by atoms with van der Waals surface area (Å²) >= 11 is 0. The number of alkyl halides is 3. The minimum absolute atomic E-state index is 0.243. The Kier molecular flexibility index (Phi) is 4.97. The van der Waals surface area contributed by atoms with Crippen molar-refractivity contribution in [2.24, 2.45) is 5.73 Å². The fourth-order valence-electron chi connectivity index (χ4n) is 3.65.